The summed E-state index contributed by atoms with van der Waals surface area (Å²) in [6, 6.07) is -9.62. The summed E-state index contributed by atoms with van der Waals surface area (Å²) in [5.74, 6) is 1.47. The molecule has 0 amide bonds. The first kappa shape index (κ1) is 1.99. The van der Waals surface area contributed by atoms with Crippen molar-refractivity contribution in [3.05, 3.63) is 35.8 Å². The zero-order valence-corrected chi connectivity index (χ0v) is 6.95. The molecule has 1 aromatic carbocycles. The predicted molar refractivity (Wildman–Crippen MR) is 61.1 cm³/mol. The van der Waals surface area contributed by atoms with Crippen LogP contribution in [0.2, 0.25) is 0 Å². The average Bonchev–Trinajstić information content (AvgIpc) is 2.55. The van der Waals surface area contributed by atoms with Gasteiger partial charge in [-0.15, -0.1) is 6.40 Å². The first-order valence-electron chi connectivity index (χ1n) is 11.9. The van der Waals surface area contributed by atoms with E-state index in [0.717, 1.165) is 0 Å². The van der Waals surface area contributed by atoms with E-state index in [2.05, 4.69) is 0 Å². The number of hydrogen-bond acceptors (Lipinski definition) is 1. The number of nitrogens with zero attached hydrogens (tertiary/aromatic N) is 1. The summed E-state index contributed by atoms with van der Waals surface area (Å²) in [7, 11) is 0. The topological polar surface area (TPSA) is 3.24 Å². The van der Waals surface area contributed by atoms with Crippen molar-refractivity contribution in [3.63, 3.8) is 0 Å². The molecule has 0 radical (unpaired) electrons. The predicted octanol–water partition coefficient (Wildman–Crippen LogP) is 2.18. The van der Waals surface area contributed by atoms with E-state index >= 15 is 0 Å². The van der Waals surface area contributed by atoms with Gasteiger partial charge in [0.15, 0.2) is 0 Å². The second kappa shape index (κ2) is 5.47. The van der Waals surface area contributed by atoms with Crippen molar-refractivity contribution in [2.75, 3.05) is 13.5 Å². The molecule has 14 heavy (non-hydrogen) atoms. The molecule has 1 heteroatoms. The van der Waals surface area contributed by atoms with Crippen LogP contribution >= 0.6 is 0 Å². The molecule has 0 saturated heterocycles. The second-order valence-corrected chi connectivity index (χ2v) is 2.05. The summed E-state index contributed by atoms with van der Waals surface area (Å²) in [6.45, 7) is -11.3. The molecule has 0 heterocycles. The van der Waals surface area contributed by atoms with E-state index in [1.165, 1.54) is 12.3 Å². The van der Waals surface area contributed by atoms with E-state index < -0.39 is 73.4 Å². The maximum atomic E-state index is 8.47. The molecule has 0 unspecified atom stereocenters. The lowest BCUT2D eigenvalue weighted by atomic mass is 10.1. The molecule has 1 nitrogen and oxygen atoms in total. The Bertz CT molecular complexity index is 888. The highest BCUT2D eigenvalue weighted by Crippen LogP contribution is 2.06. The molecule has 1 rings (SSSR count). The molecule has 74 valence electrons. The minimum atomic E-state index is -4.09. The van der Waals surface area contributed by atoms with E-state index in [1.54, 1.807) is 0 Å². The molecule has 0 aliphatic carbocycles. The molecule has 0 aliphatic rings. The van der Waals surface area contributed by atoms with Gasteiger partial charge in [0.1, 0.15) is 1.37 Å². The summed E-state index contributed by atoms with van der Waals surface area (Å²) in [4.78, 5) is -0.678. The maximum Gasteiger partial charge on any atom is 0.124 e. The Morgan fingerprint density at radius 3 is 3.29 bits per heavy atom. The second-order valence-electron chi connectivity index (χ2n) is 2.05. The van der Waals surface area contributed by atoms with Crippen LogP contribution in [0, 0.1) is 12.3 Å². The fourth-order valence-electron chi connectivity index (χ4n) is 0.599. The largest absolute Gasteiger partial charge is 0.292 e. The summed E-state index contributed by atoms with van der Waals surface area (Å²) in [5.41, 5.74) is -1.34. The molecular weight excluding hydrogens is 170 g/mol. The van der Waals surface area contributed by atoms with Crippen LogP contribution in [0.3, 0.4) is 0 Å². The highest BCUT2D eigenvalue weighted by Gasteiger charge is 2.07. The highest BCUT2D eigenvalue weighted by atomic mass is 15.1. The molecule has 0 aromatic heterocycles. The number of benzene rings is 1. The van der Waals surface area contributed by atoms with Crippen molar-refractivity contribution in [1.29, 1.82) is 0 Å². The third-order valence-electron chi connectivity index (χ3n) is 1.13. The van der Waals surface area contributed by atoms with Crippen molar-refractivity contribution in [3.8, 4) is 12.3 Å². The highest BCUT2D eigenvalue weighted by molar-refractivity contribution is 5.15. The number of rotatable bonds is 4. The normalized spacial score (nSPS) is 35.6. The Balaban J connectivity index is 4.24. The molecule has 0 saturated carbocycles. The zero-order chi connectivity index (χ0) is 25.0. The van der Waals surface area contributed by atoms with Gasteiger partial charge >= 0.3 is 0 Å². The van der Waals surface area contributed by atoms with Crippen LogP contribution in [0.1, 0.15) is 35.7 Å². The van der Waals surface area contributed by atoms with Crippen LogP contribution < -0.4 is 0 Å². The third kappa shape index (κ3) is 3.24. The lowest BCUT2D eigenvalue weighted by Crippen LogP contribution is -2.31. The Kier molecular flexibility index (Phi) is 0.775. The van der Waals surface area contributed by atoms with Gasteiger partial charge in [0.25, 0.3) is 0 Å². The maximum absolute atomic E-state index is 8.47. The van der Waals surface area contributed by atoms with Gasteiger partial charge < -0.3 is 0 Å². The standard InChI is InChI=1S/C13H17N/c1-4-10-14(3)12(2)11-13-8-6-5-7-9-13/h1,5-9,12H,10-11H2,2-3H3/t12-/m1/s1/i1D,2D3,3D3,5D,6D,7D,8D,9D,10D2,11D2,12D. The van der Waals surface area contributed by atoms with E-state index in [0.29, 0.717) is 0 Å². The molecule has 1 aromatic rings. The Morgan fingerprint density at radius 2 is 2.64 bits per heavy atom. The van der Waals surface area contributed by atoms with Crippen molar-refractivity contribution >= 4 is 0 Å². The van der Waals surface area contributed by atoms with Gasteiger partial charge in [-0.3, -0.25) is 4.90 Å². The Morgan fingerprint density at radius 1 is 1.79 bits per heavy atom. The lowest BCUT2D eigenvalue weighted by Gasteiger charge is -2.22. The van der Waals surface area contributed by atoms with Gasteiger partial charge in [-0.1, -0.05) is 36.1 Å². The van der Waals surface area contributed by atoms with Crippen LogP contribution in [0.25, 0.3) is 0 Å². The number of likely N-dealkylation sites (N-methyl/N-ethyl adjacent to an activating group) is 1. The summed E-state index contributed by atoms with van der Waals surface area (Å²) in [6.07, 6.45) is -2.57. The van der Waals surface area contributed by atoms with E-state index in [9.17, 15) is 0 Å². The fourth-order valence-corrected chi connectivity index (χ4v) is 0.599. The Hall–Kier alpha value is -1.26. The van der Waals surface area contributed by atoms with Gasteiger partial charge in [-0.25, -0.2) is 0 Å². The van der Waals surface area contributed by atoms with E-state index in [1.807, 2.05) is 0 Å². The molecule has 0 spiro atoms. The first-order valence-corrected chi connectivity index (χ1v) is 3.42. The van der Waals surface area contributed by atoms with E-state index in [-0.39, 0.29) is 0 Å². The van der Waals surface area contributed by atoms with Crippen LogP contribution in [-0.4, -0.2) is 24.4 Å². The van der Waals surface area contributed by atoms with Crippen LogP contribution in [0.4, 0.5) is 0 Å². The summed E-state index contributed by atoms with van der Waals surface area (Å²) >= 11 is 0. The van der Waals surface area contributed by atoms with Crippen molar-refractivity contribution in [2.45, 2.75) is 19.2 Å². The summed E-state index contributed by atoms with van der Waals surface area (Å²) < 4.78 is 132. The molecule has 0 aliphatic heterocycles. The Labute approximate surface area is 111 Å². The SMILES string of the molecule is [2H]C#CC([2H])([2H])N(C([2H])([2H])[2H])[C@]([2H])(C([2H])([2H])[2H])C([2H])([2H])c1c([2H])c([2H])c([2H])c([2H])c1[2H]. The van der Waals surface area contributed by atoms with Crippen LogP contribution in [0.5, 0.6) is 0 Å². The molecule has 0 fully saturated rings. The van der Waals surface area contributed by atoms with Gasteiger partial charge in [-0.05, 0) is 25.8 Å². The molecular formula is C13H17N. The van der Waals surface area contributed by atoms with Gasteiger partial charge in [0, 0.05) is 18.4 Å². The molecule has 0 N–H and O–H groups in total. The van der Waals surface area contributed by atoms with Crippen LogP contribution in [0.15, 0.2) is 30.2 Å². The summed E-state index contributed by atoms with van der Waals surface area (Å²) in [5, 5.41) is 0. The number of hydrogen-bond donors (Lipinski definition) is 0. The van der Waals surface area contributed by atoms with Crippen LogP contribution in [-0.2, 0) is 6.37 Å². The minimum absolute atomic E-state index is 0.678. The smallest absolute Gasteiger partial charge is 0.124 e. The lowest BCUT2D eigenvalue weighted by molar-refractivity contribution is 0.287. The van der Waals surface area contributed by atoms with Crippen molar-refractivity contribution < 1.29 is 23.3 Å². The molecule has 0 bridgehead atoms. The monoisotopic (exact) mass is 204 g/mol. The van der Waals surface area contributed by atoms with E-state index in [4.69, 9.17) is 23.3 Å². The zero-order valence-electron chi connectivity index (χ0n) is 23.9. The molecule has 1 atom stereocenters. The average molecular weight is 204 g/mol. The minimum Gasteiger partial charge on any atom is -0.292 e. The van der Waals surface area contributed by atoms with Crippen molar-refractivity contribution in [2.24, 2.45) is 0 Å². The van der Waals surface area contributed by atoms with Gasteiger partial charge in [-0.2, -0.15) is 0 Å². The fraction of sp³-hybridized carbons (Fsp3) is 0.385. The van der Waals surface area contributed by atoms with Crippen molar-refractivity contribution in [1.82, 2.24) is 4.90 Å². The van der Waals surface area contributed by atoms with Gasteiger partial charge in [0.2, 0.25) is 0 Å². The first-order chi connectivity index (χ1) is 13.6. The number of terminal acetylenes is 1. The van der Waals surface area contributed by atoms with Gasteiger partial charge in [0.05, 0.1) is 16.1 Å². The quantitative estimate of drug-likeness (QED) is 0.680. The third-order valence-corrected chi connectivity index (χ3v) is 1.13.